The first-order valence-corrected chi connectivity index (χ1v) is 9.96. The fourth-order valence-corrected chi connectivity index (χ4v) is 4.17. The average Bonchev–Trinajstić information content (AvgIpc) is 3.10. The number of hydrogen-bond donors (Lipinski definition) is 0. The van der Waals surface area contributed by atoms with Crippen LogP contribution in [0.4, 0.5) is 5.69 Å². The number of rotatable bonds is 3. The largest absolute Gasteiger partial charge is 0.370 e. The first-order valence-electron chi connectivity index (χ1n) is 9.96. The molecule has 0 aliphatic carbocycles. The number of likely N-dealkylation sites (tertiary alicyclic amines) is 1. The smallest absolute Gasteiger partial charge is 0.227 e. The van der Waals surface area contributed by atoms with Gasteiger partial charge in [-0.2, -0.15) is 0 Å². The second-order valence-electron chi connectivity index (χ2n) is 8.97. The van der Waals surface area contributed by atoms with Crippen molar-refractivity contribution in [2.24, 2.45) is 5.41 Å². The normalized spacial score (nSPS) is 20.6. The number of nitrogens with zero attached hydrogens (tertiary/aromatic N) is 3. The highest BCUT2D eigenvalue weighted by Gasteiger charge is 2.33. The molecule has 4 rings (SSSR count). The highest BCUT2D eigenvalue weighted by molar-refractivity contribution is 5.81. The Morgan fingerprint density at radius 2 is 1.74 bits per heavy atom. The van der Waals surface area contributed by atoms with Gasteiger partial charge in [0.25, 0.3) is 0 Å². The average molecular weight is 364 g/mol. The molecule has 0 bridgehead atoms. The molecule has 1 aromatic heterocycles. The Kier molecular flexibility index (Phi) is 4.67. The number of aromatic nitrogens is 1. The maximum atomic E-state index is 12.5. The van der Waals surface area contributed by atoms with Gasteiger partial charge in [0.05, 0.1) is 0 Å². The quantitative estimate of drug-likeness (QED) is 0.825. The zero-order valence-corrected chi connectivity index (χ0v) is 16.6. The van der Waals surface area contributed by atoms with Gasteiger partial charge in [0.15, 0.2) is 0 Å². The Balaban J connectivity index is 1.35. The van der Waals surface area contributed by atoms with Gasteiger partial charge in [0, 0.05) is 61.5 Å². The minimum atomic E-state index is -0.291. The van der Waals surface area contributed by atoms with Gasteiger partial charge < -0.3 is 9.80 Å². The van der Waals surface area contributed by atoms with Gasteiger partial charge in [-0.3, -0.25) is 9.78 Å². The van der Waals surface area contributed by atoms with Crippen LogP contribution in [-0.4, -0.2) is 42.0 Å². The van der Waals surface area contributed by atoms with Crippen LogP contribution in [0, 0.1) is 5.41 Å². The first kappa shape index (κ1) is 18.0. The summed E-state index contributed by atoms with van der Waals surface area (Å²) in [6.07, 6.45) is 4.88. The fourth-order valence-electron chi connectivity index (χ4n) is 4.17. The predicted molar refractivity (Wildman–Crippen MR) is 109 cm³/mol. The number of hydrogen-bond acceptors (Lipinski definition) is 3. The lowest BCUT2D eigenvalue weighted by atomic mass is 9.91. The van der Waals surface area contributed by atoms with Crippen LogP contribution in [0.5, 0.6) is 0 Å². The monoisotopic (exact) mass is 363 g/mol. The molecular formula is C23H29N3O. The number of amides is 1. The van der Waals surface area contributed by atoms with Crippen molar-refractivity contribution in [1.82, 2.24) is 9.88 Å². The van der Waals surface area contributed by atoms with Crippen molar-refractivity contribution in [1.29, 1.82) is 0 Å². The molecule has 4 heteroatoms. The molecule has 142 valence electrons. The van der Waals surface area contributed by atoms with Crippen LogP contribution in [0.1, 0.15) is 50.2 Å². The minimum absolute atomic E-state index is 0.267. The van der Waals surface area contributed by atoms with Crippen LogP contribution < -0.4 is 4.90 Å². The summed E-state index contributed by atoms with van der Waals surface area (Å²) in [7, 11) is 0. The molecule has 4 nitrogen and oxygen atoms in total. The van der Waals surface area contributed by atoms with Crippen molar-refractivity contribution >= 4 is 11.6 Å². The summed E-state index contributed by atoms with van der Waals surface area (Å²) in [4.78, 5) is 21.2. The molecule has 1 atom stereocenters. The first-order chi connectivity index (χ1) is 12.9. The molecule has 0 N–H and O–H groups in total. The zero-order valence-electron chi connectivity index (χ0n) is 16.6. The van der Waals surface area contributed by atoms with Crippen LogP contribution in [0.2, 0.25) is 0 Å². The third-order valence-corrected chi connectivity index (χ3v) is 5.88. The maximum absolute atomic E-state index is 12.5. The number of carbonyl (C=O) groups excluding carboxylic acids is 1. The van der Waals surface area contributed by atoms with E-state index in [0.29, 0.717) is 11.8 Å². The minimum Gasteiger partial charge on any atom is -0.370 e. The van der Waals surface area contributed by atoms with Gasteiger partial charge in [-0.05, 0) is 35.7 Å². The molecule has 2 fully saturated rings. The van der Waals surface area contributed by atoms with Crippen LogP contribution in [0.15, 0.2) is 48.8 Å². The van der Waals surface area contributed by atoms with Gasteiger partial charge in [-0.25, -0.2) is 0 Å². The van der Waals surface area contributed by atoms with E-state index in [9.17, 15) is 4.79 Å². The Morgan fingerprint density at radius 1 is 1.00 bits per heavy atom. The van der Waals surface area contributed by atoms with E-state index in [1.54, 1.807) is 0 Å². The molecule has 1 unspecified atom stereocenters. The number of pyridine rings is 1. The van der Waals surface area contributed by atoms with Crippen molar-refractivity contribution < 1.29 is 4.79 Å². The van der Waals surface area contributed by atoms with Crippen molar-refractivity contribution in [3.8, 4) is 0 Å². The summed E-state index contributed by atoms with van der Waals surface area (Å²) >= 11 is 0. The van der Waals surface area contributed by atoms with E-state index in [1.165, 1.54) is 16.8 Å². The third-order valence-electron chi connectivity index (χ3n) is 5.88. The van der Waals surface area contributed by atoms with Crippen molar-refractivity contribution in [3.05, 3.63) is 59.9 Å². The van der Waals surface area contributed by atoms with Crippen LogP contribution in [0.25, 0.3) is 0 Å². The second kappa shape index (κ2) is 6.99. The molecule has 27 heavy (non-hydrogen) atoms. The van der Waals surface area contributed by atoms with Gasteiger partial charge in [0.2, 0.25) is 5.91 Å². The highest BCUT2D eigenvalue weighted by Crippen LogP contribution is 2.34. The van der Waals surface area contributed by atoms with Crippen molar-refractivity contribution in [2.75, 3.05) is 31.1 Å². The summed E-state index contributed by atoms with van der Waals surface area (Å²) in [6, 6.07) is 13.2. The summed E-state index contributed by atoms with van der Waals surface area (Å²) in [5.74, 6) is 1.32. The molecule has 2 aromatic rings. The summed E-state index contributed by atoms with van der Waals surface area (Å²) < 4.78 is 0. The van der Waals surface area contributed by atoms with Gasteiger partial charge >= 0.3 is 0 Å². The molecule has 1 amide bonds. The summed E-state index contributed by atoms with van der Waals surface area (Å²) in [6.45, 7) is 9.85. The standard InChI is InChI=1S/C23H29N3O/c1-23(2,3)22(27)25-12-10-19(14-25)17-6-8-21(9-7-17)26-15-20(16-26)18-5-4-11-24-13-18/h4-9,11,13,19-20H,10,12,14-16H2,1-3H3. The van der Waals surface area contributed by atoms with Crippen LogP contribution >= 0.6 is 0 Å². The Hall–Kier alpha value is -2.36. The molecule has 0 spiro atoms. The van der Waals surface area contributed by atoms with Gasteiger partial charge in [0.1, 0.15) is 0 Å². The highest BCUT2D eigenvalue weighted by atomic mass is 16.2. The van der Waals surface area contributed by atoms with Gasteiger partial charge in [-0.1, -0.05) is 39.0 Å². The van der Waals surface area contributed by atoms with E-state index in [-0.39, 0.29) is 11.3 Å². The zero-order chi connectivity index (χ0) is 19.0. The molecular weight excluding hydrogens is 334 g/mol. The molecule has 0 radical (unpaired) electrons. The van der Waals surface area contributed by atoms with E-state index >= 15 is 0 Å². The predicted octanol–water partition coefficient (Wildman–Crippen LogP) is 4.05. The fraction of sp³-hybridized carbons (Fsp3) is 0.478. The molecule has 1 aromatic carbocycles. The lowest BCUT2D eigenvalue weighted by molar-refractivity contribution is -0.138. The number of anilines is 1. The molecule has 2 saturated heterocycles. The Morgan fingerprint density at radius 3 is 2.37 bits per heavy atom. The SMILES string of the molecule is CC(C)(C)C(=O)N1CCC(c2ccc(N3CC(c4cccnc4)C3)cc2)C1. The lowest BCUT2D eigenvalue weighted by Gasteiger charge is -2.41. The Labute approximate surface area is 162 Å². The van der Waals surface area contributed by atoms with Gasteiger partial charge in [-0.15, -0.1) is 0 Å². The summed E-state index contributed by atoms with van der Waals surface area (Å²) in [5.41, 5.74) is 3.69. The number of benzene rings is 1. The molecule has 2 aliphatic heterocycles. The topological polar surface area (TPSA) is 36.4 Å². The molecule has 3 heterocycles. The second-order valence-corrected chi connectivity index (χ2v) is 8.97. The number of carbonyl (C=O) groups is 1. The van der Waals surface area contributed by atoms with Crippen molar-refractivity contribution in [2.45, 2.75) is 39.0 Å². The van der Waals surface area contributed by atoms with E-state index in [4.69, 9.17) is 0 Å². The van der Waals surface area contributed by atoms with Crippen LogP contribution in [0.3, 0.4) is 0 Å². The maximum Gasteiger partial charge on any atom is 0.227 e. The van der Waals surface area contributed by atoms with Crippen LogP contribution in [-0.2, 0) is 4.79 Å². The molecule has 2 aliphatic rings. The van der Waals surface area contributed by atoms with E-state index in [1.807, 2.05) is 44.1 Å². The van der Waals surface area contributed by atoms with E-state index < -0.39 is 0 Å². The van der Waals surface area contributed by atoms with E-state index in [2.05, 4.69) is 40.2 Å². The third kappa shape index (κ3) is 3.71. The van der Waals surface area contributed by atoms with E-state index in [0.717, 1.165) is 32.6 Å². The Bertz CT molecular complexity index is 789. The van der Waals surface area contributed by atoms with Crippen molar-refractivity contribution in [3.63, 3.8) is 0 Å². The molecule has 0 saturated carbocycles. The lowest BCUT2D eigenvalue weighted by Crippen LogP contribution is -2.45. The summed E-state index contributed by atoms with van der Waals surface area (Å²) in [5, 5.41) is 0.